The molecule has 1 fully saturated rings. The van der Waals surface area contributed by atoms with Gasteiger partial charge in [-0.1, -0.05) is 18.0 Å². The van der Waals surface area contributed by atoms with Crippen LogP contribution in [0.25, 0.3) is 0 Å². The van der Waals surface area contributed by atoms with Gasteiger partial charge in [0.15, 0.2) is 0 Å². The third-order valence-electron chi connectivity index (χ3n) is 3.99. The van der Waals surface area contributed by atoms with Crippen LogP contribution in [0.4, 0.5) is 0 Å². The van der Waals surface area contributed by atoms with Crippen molar-refractivity contribution < 1.29 is 4.52 Å². The molecule has 0 aliphatic carbocycles. The Hall–Kier alpha value is -1.68. The maximum atomic E-state index is 5.27. The molecule has 1 saturated heterocycles. The summed E-state index contributed by atoms with van der Waals surface area (Å²) < 4.78 is 5.27. The highest BCUT2D eigenvalue weighted by Crippen LogP contribution is 2.30. The van der Waals surface area contributed by atoms with Crippen molar-refractivity contribution >= 4 is 0 Å². The predicted octanol–water partition coefficient (Wildman–Crippen LogP) is 3.50. The van der Waals surface area contributed by atoms with Crippen LogP contribution in [-0.4, -0.2) is 21.6 Å². The van der Waals surface area contributed by atoms with Gasteiger partial charge < -0.3 is 4.52 Å². The first kappa shape index (κ1) is 13.3. The Morgan fingerprint density at radius 3 is 2.85 bits per heavy atom. The minimum absolute atomic E-state index is 0.378. The molecule has 0 bridgehead atoms. The van der Waals surface area contributed by atoms with E-state index in [9.17, 15) is 0 Å². The summed E-state index contributed by atoms with van der Waals surface area (Å²) in [6, 6.07) is 6.64. The van der Waals surface area contributed by atoms with Gasteiger partial charge in [0, 0.05) is 25.0 Å². The zero-order valence-corrected chi connectivity index (χ0v) is 12.0. The fraction of sp³-hybridized carbons (Fsp3) is 0.500. The number of aromatic nitrogens is 2. The number of hydrogen-bond acceptors (Lipinski definition) is 4. The molecule has 1 aliphatic heterocycles. The Bertz CT molecular complexity index is 538. The standard InChI is InChI=1S/C16H21N3O/c1-13-11-15(18-20-13)16-5-3-2-4-10-19(16)12-14-6-8-17-9-7-14/h6-9,11,16H,2-5,10,12H2,1H3/t16-/m0/s1. The van der Waals surface area contributed by atoms with Crippen molar-refractivity contribution in [2.45, 2.75) is 45.2 Å². The minimum atomic E-state index is 0.378. The van der Waals surface area contributed by atoms with Crippen molar-refractivity contribution in [2.24, 2.45) is 0 Å². The normalized spacial score (nSPS) is 20.8. The molecule has 0 amide bonds. The molecule has 4 nitrogen and oxygen atoms in total. The van der Waals surface area contributed by atoms with E-state index in [2.05, 4.69) is 33.2 Å². The summed E-state index contributed by atoms with van der Waals surface area (Å²) in [5.74, 6) is 0.896. The topological polar surface area (TPSA) is 42.2 Å². The molecule has 2 aromatic heterocycles. The van der Waals surface area contributed by atoms with E-state index in [0.29, 0.717) is 6.04 Å². The lowest BCUT2D eigenvalue weighted by Crippen LogP contribution is -2.28. The van der Waals surface area contributed by atoms with Crippen LogP contribution >= 0.6 is 0 Å². The van der Waals surface area contributed by atoms with Gasteiger partial charge in [0.05, 0.1) is 6.04 Å². The third-order valence-corrected chi connectivity index (χ3v) is 3.99. The number of pyridine rings is 1. The molecule has 1 aliphatic rings. The summed E-state index contributed by atoms with van der Waals surface area (Å²) in [6.45, 7) is 4.04. The van der Waals surface area contributed by atoms with E-state index in [1.807, 2.05) is 19.3 Å². The number of rotatable bonds is 3. The molecular formula is C16H21N3O. The van der Waals surface area contributed by atoms with Crippen molar-refractivity contribution in [1.82, 2.24) is 15.0 Å². The fourth-order valence-electron chi connectivity index (χ4n) is 2.96. The van der Waals surface area contributed by atoms with E-state index in [1.54, 1.807) is 0 Å². The highest BCUT2D eigenvalue weighted by Gasteiger charge is 2.25. The summed E-state index contributed by atoms with van der Waals surface area (Å²) in [5.41, 5.74) is 2.39. The van der Waals surface area contributed by atoms with Gasteiger partial charge in [-0.05, 0) is 44.0 Å². The molecule has 2 aromatic rings. The largest absolute Gasteiger partial charge is 0.361 e. The number of aryl methyl sites for hydroxylation is 1. The maximum Gasteiger partial charge on any atom is 0.133 e. The van der Waals surface area contributed by atoms with Crippen molar-refractivity contribution in [2.75, 3.05) is 6.54 Å². The fourth-order valence-corrected chi connectivity index (χ4v) is 2.96. The lowest BCUT2D eigenvalue weighted by molar-refractivity contribution is 0.183. The van der Waals surface area contributed by atoms with Crippen LogP contribution in [0.1, 0.15) is 48.7 Å². The van der Waals surface area contributed by atoms with Crippen LogP contribution in [0, 0.1) is 6.92 Å². The van der Waals surface area contributed by atoms with E-state index < -0.39 is 0 Å². The monoisotopic (exact) mass is 271 g/mol. The molecule has 106 valence electrons. The highest BCUT2D eigenvalue weighted by molar-refractivity contribution is 5.13. The molecule has 1 atom stereocenters. The number of likely N-dealkylation sites (tertiary alicyclic amines) is 1. The summed E-state index contributed by atoms with van der Waals surface area (Å²) in [5, 5.41) is 4.24. The first-order valence-corrected chi connectivity index (χ1v) is 7.39. The highest BCUT2D eigenvalue weighted by atomic mass is 16.5. The molecule has 3 heterocycles. The average Bonchev–Trinajstić information content (AvgIpc) is 2.76. The molecule has 0 unspecified atom stereocenters. The summed E-state index contributed by atoms with van der Waals surface area (Å²) in [6.07, 6.45) is 8.73. The van der Waals surface area contributed by atoms with Crippen molar-refractivity contribution in [3.63, 3.8) is 0 Å². The molecule has 0 spiro atoms. The zero-order valence-electron chi connectivity index (χ0n) is 12.0. The number of hydrogen-bond donors (Lipinski definition) is 0. The first-order valence-electron chi connectivity index (χ1n) is 7.39. The Kier molecular flexibility index (Phi) is 4.11. The number of nitrogens with zero attached hydrogens (tertiary/aromatic N) is 3. The molecule has 3 rings (SSSR count). The van der Waals surface area contributed by atoms with Gasteiger partial charge in [0.25, 0.3) is 0 Å². The lowest BCUT2D eigenvalue weighted by Gasteiger charge is -2.28. The van der Waals surface area contributed by atoms with E-state index in [4.69, 9.17) is 4.52 Å². The average molecular weight is 271 g/mol. The van der Waals surface area contributed by atoms with Gasteiger partial charge in [-0.3, -0.25) is 9.88 Å². The smallest absolute Gasteiger partial charge is 0.133 e. The molecule has 20 heavy (non-hydrogen) atoms. The van der Waals surface area contributed by atoms with Crippen molar-refractivity contribution in [1.29, 1.82) is 0 Å². The van der Waals surface area contributed by atoms with Crippen LogP contribution in [0.15, 0.2) is 35.1 Å². The molecular weight excluding hydrogens is 250 g/mol. The summed E-state index contributed by atoms with van der Waals surface area (Å²) in [4.78, 5) is 6.62. The van der Waals surface area contributed by atoms with Gasteiger partial charge in [0.1, 0.15) is 11.5 Å². The van der Waals surface area contributed by atoms with Crippen molar-refractivity contribution in [3.8, 4) is 0 Å². The first-order chi connectivity index (χ1) is 9.83. The quantitative estimate of drug-likeness (QED) is 0.857. The van der Waals surface area contributed by atoms with E-state index in [0.717, 1.165) is 31.0 Å². The molecule has 0 saturated carbocycles. The van der Waals surface area contributed by atoms with Crippen LogP contribution in [0.2, 0.25) is 0 Å². The van der Waals surface area contributed by atoms with E-state index in [1.165, 1.54) is 24.8 Å². The van der Waals surface area contributed by atoms with Gasteiger partial charge in [-0.25, -0.2) is 0 Å². The minimum Gasteiger partial charge on any atom is -0.361 e. The van der Waals surface area contributed by atoms with Gasteiger partial charge in [-0.2, -0.15) is 0 Å². The van der Waals surface area contributed by atoms with E-state index in [-0.39, 0.29) is 0 Å². The van der Waals surface area contributed by atoms with Gasteiger partial charge in [0.2, 0.25) is 0 Å². The molecule has 0 radical (unpaired) electrons. The SMILES string of the molecule is Cc1cc([C@@H]2CCCCCN2Cc2ccncc2)no1. The van der Waals surface area contributed by atoms with E-state index >= 15 is 0 Å². The van der Waals surface area contributed by atoms with Gasteiger partial charge in [-0.15, -0.1) is 0 Å². The molecule has 0 N–H and O–H groups in total. The second-order valence-electron chi connectivity index (χ2n) is 5.55. The Morgan fingerprint density at radius 1 is 1.25 bits per heavy atom. The predicted molar refractivity (Wildman–Crippen MR) is 77.1 cm³/mol. The summed E-state index contributed by atoms with van der Waals surface area (Å²) in [7, 11) is 0. The van der Waals surface area contributed by atoms with Gasteiger partial charge >= 0.3 is 0 Å². The van der Waals surface area contributed by atoms with Crippen LogP contribution < -0.4 is 0 Å². The Labute approximate surface area is 119 Å². The second-order valence-corrected chi connectivity index (χ2v) is 5.55. The van der Waals surface area contributed by atoms with Crippen LogP contribution in [0.5, 0.6) is 0 Å². The third kappa shape index (κ3) is 3.07. The van der Waals surface area contributed by atoms with Crippen LogP contribution in [0.3, 0.4) is 0 Å². The zero-order chi connectivity index (χ0) is 13.8. The van der Waals surface area contributed by atoms with Crippen molar-refractivity contribution in [3.05, 3.63) is 47.6 Å². The second kappa shape index (κ2) is 6.18. The summed E-state index contributed by atoms with van der Waals surface area (Å²) >= 11 is 0. The molecule has 4 heteroatoms. The molecule has 0 aromatic carbocycles. The Morgan fingerprint density at radius 2 is 2.10 bits per heavy atom. The Balaban J connectivity index is 1.80. The van der Waals surface area contributed by atoms with Crippen LogP contribution in [-0.2, 0) is 6.54 Å². The maximum absolute atomic E-state index is 5.27. The lowest BCUT2D eigenvalue weighted by atomic mass is 10.1.